The van der Waals surface area contributed by atoms with Crippen LogP contribution in [-0.4, -0.2) is 22.1 Å². The fourth-order valence-corrected chi connectivity index (χ4v) is 2.73. The van der Waals surface area contributed by atoms with Gasteiger partial charge in [0.2, 0.25) is 0 Å². The lowest BCUT2D eigenvalue weighted by atomic mass is 10.2. The summed E-state index contributed by atoms with van der Waals surface area (Å²) in [6, 6.07) is 10.5. The van der Waals surface area contributed by atoms with E-state index < -0.39 is 0 Å². The van der Waals surface area contributed by atoms with E-state index in [2.05, 4.69) is 47.7 Å². The summed E-state index contributed by atoms with van der Waals surface area (Å²) in [6.07, 6.45) is 0. The van der Waals surface area contributed by atoms with Crippen LogP contribution in [0.3, 0.4) is 0 Å². The second kappa shape index (κ2) is 5.96. The zero-order valence-corrected chi connectivity index (χ0v) is 11.9. The van der Waals surface area contributed by atoms with Gasteiger partial charge in [-0.2, -0.15) is 5.10 Å². The quantitative estimate of drug-likeness (QED) is 0.662. The fourth-order valence-electron chi connectivity index (χ4n) is 1.83. The molecule has 0 spiro atoms. The molecule has 1 N–H and O–H groups in total. The number of aryl methyl sites for hydroxylation is 3. The van der Waals surface area contributed by atoms with Crippen LogP contribution in [0, 0.1) is 13.8 Å². The van der Waals surface area contributed by atoms with Crippen LogP contribution in [0.2, 0.25) is 0 Å². The Hall–Kier alpha value is -1.42. The van der Waals surface area contributed by atoms with Gasteiger partial charge in [0.1, 0.15) is 0 Å². The SMILES string of the molecule is Cc1cc(SCCNc2ccccc2C)n(C)n1. The summed E-state index contributed by atoms with van der Waals surface area (Å²) in [7, 11) is 1.99. The summed E-state index contributed by atoms with van der Waals surface area (Å²) in [5, 5.41) is 9.02. The molecule has 2 aromatic rings. The van der Waals surface area contributed by atoms with Gasteiger partial charge in [-0.3, -0.25) is 4.68 Å². The number of thioether (sulfide) groups is 1. The van der Waals surface area contributed by atoms with E-state index in [4.69, 9.17) is 0 Å². The van der Waals surface area contributed by atoms with Crippen molar-refractivity contribution in [3.8, 4) is 0 Å². The molecule has 4 heteroatoms. The summed E-state index contributed by atoms with van der Waals surface area (Å²) >= 11 is 1.83. The van der Waals surface area contributed by atoms with Gasteiger partial charge in [0.25, 0.3) is 0 Å². The zero-order chi connectivity index (χ0) is 13.0. The Morgan fingerprint density at radius 2 is 2.06 bits per heavy atom. The number of anilines is 1. The van der Waals surface area contributed by atoms with Crippen molar-refractivity contribution in [1.82, 2.24) is 9.78 Å². The first kappa shape index (κ1) is 13.0. The lowest BCUT2D eigenvalue weighted by molar-refractivity contribution is 0.692. The molecule has 0 atom stereocenters. The smallest absolute Gasteiger partial charge is 0.0939 e. The van der Waals surface area contributed by atoms with Crippen LogP contribution in [0.25, 0.3) is 0 Å². The summed E-state index contributed by atoms with van der Waals surface area (Å²) in [4.78, 5) is 0. The number of aromatic nitrogens is 2. The second-order valence-electron chi connectivity index (χ2n) is 4.34. The van der Waals surface area contributed by atoms with E-state index in [-0.39, 0.29) is 0 Å². The third-order valence-corrected chi connectivity index (χ3v) is 3.86. The van der Waals surface area contributed by atoms with E-state index in [0.717, 1.165) is 18.0 Å². The lowest BCUT2D eigenvalue weighted by Gasteiger charge is -2.08. The molecular weight excluding hydrogens is 242 g/mol. The molecule has 0 saturated heterocycles. The van der Waals surface area contributed by atoms with Crippen molar-refractivity contribution in [2.75, 3.05) is 17.6 Å². The maximum absolute atomic E-state index is 4.34. The minimum atomic E-state index is 0.958. The van der Waals surface area contributed by atoms with Crippen molar-refractivity contribution >= 4 is 17.4 Å². The highest BCUT2D eigenvalue weighted by Crippen LogP contribution is 2.18. The molecule has 0 unspecified atom stereocenters. The standard InChI is InChI=1S/C14H19N3S/c1-11-6-4-5-7-13(11)15-8-9-18-14-10-12(2)16-17(14)3/h4-7,10,15H,8-9H2,1-3H3. The molecular formula is C14H19N3S. The second-order valence-corrected chi connectivity index (χ2v) is 5.45. The van der Waals surface area contributed by atoms with Crippen molar-refractivity contribution in [2.45, 2.75) is 18.9 Å². The lowest BCUT2D eigenvalue weighted by Crippen LogP contribution is -2.05. The average molecular weight is 261 g/mol. The molecule has 0 bridgehead atoms. The molecule has 0 radical (unpaired) electrons. The molecule has 0 aliphatic heterocycles. The minimum Gasteiger partial charge on any atom is -0.384 e. The van der Waals surface area contributed by atoms with Gasteiger partial charge in [0.15, 0.2) is 0 Å². The summed E-state index contributed by atoms with van der Waals surface area (Å²) in [5.74, 6) is 1.04. The Kier molecular flexibility index (Phi) is 4.31. The first-order chi connectivity index (χ1) is 8.66. The van der Waals surface area contributed by atoms with Gasteiger partial charge < -0.3 is 5.32 Å². The minimum absolute atomic E-state index is 0.958. The van der Waals surface area contributed by atoms with E-state index in [1.807, 2.05) is 30.4 Å². The van der Waals surface area contributed by atoms with Crippen LogP contribution < -0.4 is 5.32 Å². The van der Waals surface area contributed by atoms with Gasteiger partial charge in [-0.05, 0) is 31.5 Å². The Balaban J connectivity index is 1.80. The number of nitrogens with one attached hydrogen (secondary N) is 1. The fraction of sp³-hybridized carbons (Fsp3) is 0.357. The zero-order valence-electron chi connectivity index (χ0n) is 11.1. The highest BCUT2D eigenvalue weighted by atomic mass is 32.2. The molecule has 2 rings (SSSR count). The van der Waals surface area contributed by atoms with Crippen molar-refractivity contribution in [2.24, 2.45) is 7.05 Å². The number of para-hydroxylation sites is 1. The van der Waals surface area contributed by atoms with Crippen LogP contribution >= 0.6 is 11.8 Å². The van der Waals surface area contributed by atoms with Gasteiger partial charge in [-0.1, -0.05) is 18.2 Å². The topological polar surface area (TPSA) is 29.9 Å². The van der Waals surface area contributed by atoms with Gasteiger partial charge in [-0.15, -0.1) is 11.8 Å². The summed E-state index contributed by atoms with van der Waals surface area (Å²) in [6.45, 7) is 5.11. The van der Waals surface area contributed by atoms with Crippen LogP contribution in [-0.2, 0) is 7.05 Å². The van der Waals surface area contributed by atoms with Gasteiger partial charge in [0.05, 0.1) is 10.7 Å². The highest BCUT2D eigenvalue weighted by molar-refractivity contribution is 7.99. The molecule has 1 heterocycles. The molecule has 0 amide bonds. The van der Waals surface area contributed by atoms with Crippen LogP contribution in [0.4, 0.5) is 5.69 Å². The van der Waals surface area contributed by atoms with Crippen LogP contribution in [0.1, 0.15) is 11.3 Å². The maximum atomic E-state index is 4.34. The molecule has 0 saturated carbocycles. The van der Waals surface area contributed by atoms with E-state index in [1.165, 1.54) is 16.3 Å². The van der Waals surface area contributed by atoms with Crippen molar-refractivity contribution in [3.05, 3.63) is 41.6 Å². The van der Waals surface area contributed by atoms with E-state index in [9.17, 15) is 0 Å². The first-order valence-corrected chi connectivity index (χ1v) is 7.08. The number of benzene rings is 1. The maximum Gasteiger partial charge on any atom is 0.0939 e. The van der Waals surface area contributed by atoms with Gasteiger partial charge in [-0.25, -0.2) is 0 Å². The van der Waals surface area contributed by atoms with Crippen LogP contribution in [0.15, 0.2) is 35.4 Å². The molecule has 0 fully saturated rings. The Morgan fingerprint density at radius 1 is 1.28 bits per heavy atom. The van der Waals surface area contributed by atoms with Gasteiger partial charge >= 0.3 is 0 Å². The molecule has 1 aromatic carbocycles. The summed E-state index contributed by atoms with van der Waals surface area (Å²) < 4.78 is 1.94. The number of rotatable bonds is 5. The number of nitrogens with zero attached hydrogens (tertiary/aromatic N) is 2. The Morgan fingerprint density at radius 3 is 2.72 bits per heavy atom. The third kappa shape index (κ3) is 3.29. The first-order valence-electron chi connectivity index (χ1n) is 6.10. The Labute approximate surface area is 113 Å². The molecule has 0 aliphatic rings. The number of hydrogen-bond acceptors (Lipinski definition) is 3. The van der Waals surface area contributed by atoms with E-state index in [0.29, 0.717) is 0 Å². The van der Waals surface area contributed by atoms with Crippen molar-refractivity contribution in [3.63, 3.8) is 0 Å². The predicted molar refractivity (Wildman–Crippen MR) is 78.3 cm³/mol. The van der Waals surface area contributed by atoms with E-state index in [1.54, 1.807) is 0 Å². The van der Waals surface area contributed by atoms with Crippen LogP contribution in [0.5, 0.6) is 0 Å². The molecule has 18 heavy (non-hydrogen) atoms. The Bertz CT molecular complexity index is 520. The normalized spacial score (nSPS) is 10.6. The summed E-state index contributed by atoms with van der Waals surface area (Å²) in [5.41, 5.74) is 3.59. The monoisotopic (exact) mass is 261 g/mol. The average Bonchev–Trinajstić information content (AvgIpc) is 2.65. The van der Waals surface area contributed by atoms with Crippen molar-refractivity contribution in [1.29, 1.82) is 0 Å². The molecule has 1 aromatic heterocycles. The molecule has 96 valence electrons. The molecule has 3 nitrogen and oxygen atoms in total. The predicted octanol–water partition coefficient (Wildman–Crippen LogP) is 3.24. The van der Waals surface area contributed by atoms with E-state index >= 15 is 0 Å². The molecule has 0 aliphatic carbocycles. The van der Waals surface area contributed by atoms with Crippen molar-refractivity contribution < 1.29 is 0 Å². The van der Waals surface area contributed by atoms with Gasteiger partial charge in [0, 0.05) is 25.0 Å². The highest BCUT2D eigenvalue weighted by Gasteiger charge is 2.02. The largest absolute Gasteiger partial charge is 0.384 e. The number of hydrogen-bond donors (Lipinski definition) is 1. The third-order valence-electron chi connectivity index (χ3n) is 2.77.